The SMILES string of the molecule is COc1ccccc1CN(CCC(=O)Nc1cc([N+](=O)[O-])ccc1C)Cc1cccs1. The number of non-ortho nitro benzene ring substituents is 1. The molecule has 0 atom stereocenters. The smallest absolute Gasteiger partial charge is 0.271 e. The molecule has 1 aromatic heterocycles. The number of nitro groups is 1. The zero-order valence-corrected chi connectivity index (χ0v) is 18.4. The summed E-state index contributed by atoms with van der Waals surface area (Å²) < 4.78 is 5.47. The number of nitrogens with one attached hydrogen (secondary N) is 1. The molecule has 0 saturated carbocycles. The van der Waals surface area contributed by atoms with Gasteiger partial charge in [0, 0.05) is 48.6 Å². The van der Waals surface area contributed by atoms with Crippen LogP contribution < -0.4 is 10.1 Å². The summed E-state index contributed by atoms with van der Waals surface area (Å²) in [7, 11) is 1.65. The Morgan fingerprint density at radius 2 is 1.97 bits per heavy atom. The van der Waals surface area contributed by atoms with Crippen LogP contribution in [0.15, 0.2) is 60.0 Å². The first-order valence-electron chi connectivity index (χ1n) is 9.88. The maximum atomic E-state index is 12.6. The highest BCUT2D eigenvalue weighted by molar-refractivity contribution is 7.09. The van der Waals surface area contributed by atoms with Crippen molar-refractivity contribution in [3.05, 3.63) is 86.1 Å². The quantitative estimate of drug-likeness (QED) is 0.355. The molecule has 0 radical (unpaired) electrons. The zero-order valence-electron chi connectivity index (χ0n) is 17.5. The highest BCUT2D eigenvalue weighted by atomic mass is 32.1. The first-order valence-corrected chi connectivity index (χ1v) is 10.8. The fraction of sp³-hybridized carbons (Fsp3) is 0.261. The Kier molecular flexibility index (Phi) is 7.75. The highest BCUT2D eigenvalue weighted by Crippen LogP contribution is 2.23. The third kappa shape index (κ3) is 6.37. The van der Waals surface area contributed by atoms with Gasteiger partial charge in [0.15, 0.2) is 0 Å². The van der Waals surface area contributed by atoms with E-state index in [-0.39, 0.29) is 18.0 Å². The first-order chi connectivity index (χ1) is 15.0. The van der Waals surface area contributed by atoms with Crippen LogP contribution in [0, 0.1) is 17.0 Å². The predicted molar refractivity (Wildman–Crippen MR) is 123 cm³/mol. The first kappa shape index (κ1) is 22.5. The molecule has 0 bridgehead atoms. The van der Waals surface area contributed by atoms with E-state index in [9.17, 15) is 14.9 Å². The molecule has 0 aliphatic rings. The molecule has 0 fully saturated rings. The maximum Gasteiger partial charge on any atom is 0.271 e. The van der Waals surface area contributed by atoms with Crippen molar-refractivity contribution in [2.24, 2.45) is 0 Å². The van der Waals surface area contributed by atoms with Crippen molar-refractivity contribution in [1.82, 2.24) is 4.90 Å². The summed E-state index contributed by atoms with van der Waals surface area (Å²) in [4.78, 5) is 26.6. The van der Waals surface area contributed by atoms with Crippen LogP contribution in [-0.4, -0.2) is 29.4 Å². The molecule has 7 nitrogen and oxygen atoms in total. The van der Waals surface area contributed by atoms with Gasteiger partial charge in [0.1, 0.15) is 5.75 Å². The lowest BCUT2D eigenvalue weighted by Gasteiger charge is -2.23. The van der Waals surface area contributed by atoms with Gasteiger partial charge in [-0.05, 0) is 30.0 Å². The van der Waals surface area contributed by atoms with Crippen molar-refractivity contribution in [2.75, 3.05) is 19.0 Å². The monoisotopic (exact) mass is 439 g/mol. The van der Waals surface area contributed by atoms with E-state index in [1.54, 1.807) is 24.5 Å². The molecule has 0 aliphatic carbocycles. The number of anilines is 1. The van der Waals surface area contributed by atoms with Crippen molar-refractivity contribution in [1.29, 1.82) is 0 Å². The zero-order chi connectivity index (χ0) is 22.2. The molecule has 162 valence electrons. The van der Waals surface area contributed by atoms with Gasteiger partial charge in [-0.15, -0.1) is 11.3 Å². The third-order valence-corrected chi connectivity index (χ3v) is 5.77. The molecule has 3 rings (SSSR count). The number of carbonyl (C=O) groups is 1. The van der Waals surface area contributed by atoms with E-state index in [0.717, 1.165) is 23.4 Å². The molecule has 1 heterocycles. The topological polar surface area (TPSA) is 84.7 Å². The summed E-state index contributed by atoms with van der Waals surface area (Å²) in [5, 5.41) is 15.9. The minimum Gasteiger partial charge on any atom is -0.496 e. The van der Waals surface area contributed by atoms with E-state index >= 15 is 0 Å². The summed E-state index contributed by atoms with van der Waals surface area (Å²) in [6.45, 7) is 3.71. The van der Waals surface area contributed by atoms with Crippen molar-refractivity contribution in [3.8, 4) is 5.75 Å². The van der Waals surface area contributed by atoms with Gasteiger partial charge in [0.2, 0.25) is 5.91 Å². The predicted octanol–water partition coefficient (Wildman–Crippen LogP) is 5.00. The number of ether oxygens (including phenoxy) is 1. The number of aryl methyl sites for hydroxylation is 1. The number of methoxy groups -OCH3 is 1. The number of benzene rings is 2. The molecule has 0 spiro atoms. The number of nitrogens with zero attached hydrogens (tertiary/aromatic N) is 2. The van der Waals surface area contributed by atoms with Crippen molar-refractivity contribution in [3.63, 3.8) is 0 Å². The van der Waals surface area contributed by atoms with Crippen LogP contribution in [0.2, 0.25) is 0 Å². The van der Waals surface area contributed by atoms with Crippen LogP contribution in [0.3, 0.4) is 0 Å². The average molecular weight is 440 g/mol. The molecule has 31 heavy (non-hydrogen) atoms. The molecule has 1 amide bonds. The van der Waals surface area contributed by atoms with Crippen LogP contribution in [-0.2, 0) is 17.9 Å². The van der Waals surface area contributed by atoms with Crippen LogP contribution in [0.1, 0.15) is 22.4 Å². The van der Waals surface area contributed by atoms with E-state index in [2.05, 4.69) is 16.3 Å². The minimum absolute atomic E-state index is 0.0450. The fourth-order valence-corrected chi connectivity index (χ4v) is 3.99. The van der Waals surface area contributed by atoms with Gasteiger partial charge in [0.05, 0.1) is 17.7 Å². The number of amides is 1. The van der Waals surface area contributed by atoms with Gasteiger partial charge in [-0.2, -0.15) is 0 Å². The number of rotatable bonds is 10. The highest BCUT2D eigenvalue weighted by Gasteiger charge is 2.15. The Hall–Kier alpha value is -3.23. The average Bonchev–Trinajstić information content (AvgIpc) is 3.27. The summed E-state index contributed by atoms with van der Waals surface area (Å²) in [5.41, 5.74) is 2.25. The molecule has 3 aromatic rings. The van der Waals surface area contributed by atoms with Gasteiger partial charge in [-0.25, -0.2) is 0 Å². The van der Waals surface area contributed by atoms with Crippen LogP contribution in [0.25, 0.3) is 0 Å². The molecule has 1 N–H and O–H groups in total. The lowest BCUT2D eigenvalue weighted by molar-refractivity contribution is -0.384. The van der Waals surface area contributed by atoms with Crippen molar-refractivity contribution < 1.29 is 14.5 Å². The van der Waals surface area contributed by atoms with Gasteiger partial charge in [-0.3, -0.25) is 19.8 Å². The van der Waals surface area contributed by atoms with Gasteiger partial charge in [-0.1, -0.05) is 30.3 Å². The lowest BCUT2D eigenvalue weighted by atomic mass is 10.1. The summed E-state index contributed by atoms with van der Waals surface area (Å²) in [5.74, 6) is 0.634. The minimum atomic E-state index is -0.467. The number of hydrogen-bond acceptors (Lipinski definition) is 6. The number of nitro benzene ring substituents is 1. The number of thiophene rings is 1. The van der Waals surface area contributed by atoms with Gasteiger partial charge < -0.3 is 10.1 Å². The second-order valence-electron chi connectivity index (χ2n) is 7.16. The van der Waals surface area contributed by atoms with Gasteiger partial charge >= 0.3 is 0 Å². The Balaban J connectivity index is 1.67. The number of hydrogen-bond donors (Lipinski definition) is 1. The molecule has 0 saturated heterocycles. The molecule has 2 aromatic carbocycles. The van der Waals surface area contributed by atoms with E-state index in [1.807, 2.05) is 42.6 Å². The summed E-state index contributed by atoms with van der Waals surface area (Å²) in [6, 6.07) is 16.4. The fourth-order valence-electron chi connectivity index (χ4n) is 3.24. The van der Waals surface area contributed by atoms with E-state index in [4.69, 9.17) is 4.74 Å². The summed E-state index contributed by atoms with van der Waals surface area (Å²) >= 11 is 1.68. The Bertz CT molecular complexity index is 1040. The van der Waals surface area contributed by atoms with Gasteiger partial charge in [0.25, 0.3) is 5.69 Å². The molecule has 0 unspecified atom stereocenters. The Morgan fingerprint density at radius 1 is 1.16 bits per heavy atom. The van der Waals surface area contributed by atoms with E-state index < -0.39 is 4.92 Å². The van der Waals surface area contributed by atoms with Crippen molar-refractivity contribution in [2.45, 2.75) is 26.4 Å². The lowest BCUT2D eigenvalue weighted by Crippen LogP contribution is -2.27. The van der Waals surface area contributed by atoms with Crippen LogP contribution in [0.4, 0.5) is 11.4 Å². The summed E-state index contributed by atoms with van der Waals surface area (Å²) in [6.07, 6.45) is 0.267. The third-order valence-electron chi connectivity index (χ3n) is 4.91. The molecule has 0 aliphatic heterocycles. The Morgan fingerprint density at radius 3 is 2.68 bits per heavy atom. The van der Waals surface area contributed by atoms with Crippen LogP contribution in [0.5, 0.6) is 5.75 Å². The van der Waals surface area contributed by atoms with E-state index in [0.29, 0.717) is 18.8 Å². The van der Waals surface area contributed by atoms with Crippen LogP contribution >= 0.6 is 11.3 Å². The number of carbonyl (C=O) groups excluding carboxylic acids is 1. The molecule has 8 heteroatoms. The standard InChI is InChI=1S/C23H25N3O4S/c1-17-9-10-19(26(28)29)14-21(17)24-23(27)11-12-25(16-20-7-5-13-31-20)15-18-6-3-4-8-22(18)30-2/h3-10,13-14H,11-12,15-16H2,1-2H3,(H,24,27). The second-order valence-corrected chi connectivity index (χ2v) is 8.19. The Labute approximate surface area is 185 Å². The molecular weight excluding hydrogens is 414 g/mol. The van der Waals surface area contributed by atoms with Crippen molar-refractivity contribution >= 4 is 28.6 Å². The normalized spacial score (nSPS) is 10.8. The second kappa shape index (κ2) is 10.7. The molecular formula is C23H25N3O4S. The van der Waals surface area contributed by atoms with E-state index in [1.165, 1.54) is 17.0 Å². The maximum absolute atomic E-state index is 12.6. The number of para-hydroxylation sites is 1. The largest absolute Gasteiger partial charge is 0.496 e.